The van der Waals surface area contributed by atoms with Crippen LogP contribution in [0.5, 0.6) is 0 Å². The molecule has 0 saturated heterocycles. The fourth-order valence-corrected chi connectivity index (χ4v) is 3.32. The molecule has 1 rings (SSSR count). The van der Waals surface area contributed by atoms with Gasteiger partial charge in [0.25, 0.3) is 0 Å². The normalized spacial score (nSPS) is 20.5. The third kappa shape index (κ3) is 3.05. The molecule has 0 aromatic carbocycles. The van der Waals surface area contributed by atoms with E-state index in [0.717, 1.165) is 10.6 Å². The third-order valence-corrected chi connectivity index (χ3v) is 6.72. The number of sulfonamides is 1. The van der Waals surface area contributed by atoms with Crippen LogP contribution in [-0.2, 0) is 19.1 Å². The molecule has 5 nitrogen and oxygen atoms in total. The van der Waals surface area contributed by atoms with Gasteiger partial charge in [0.15, 0.2) is 0 Å². The van der Waals surface area contributed by atoms with Crippen LogP contribution in [0.3, 0.4) is 0 Å². The van der Waals surface area contributed by atoms with Crippen molar-refractivity contribution >= 4 is 29.8 Å². The lowest BCUT2D eigenvalue weighted by Crippen LogP contribution is -2.31. The summed E-state index contributed by atoms with van der Waals surface area (Å²) in [6.07, 6.45) is 2.40. The van der Waals surface area contributed by atoms with E-state index in [1.165, 1.54) is 7.05 Å². The minimum Gasteiger partial charge on any atom is -0.213 e. The predicted molar refractivity (Wildman–Crippen MR) is 58.8 cm³/mol. The van der Waals surface area contributed by atoms with Gasteiger partial charge in [-0.25, -0.2) is 21.1 Å². The monoisotopic (exact) mass is 275 g/mol. The first-order valence-electron chi connectivity index (χ1n) is 4.44. The van der Waals surface area contributed by atoms with Gasteiger partial charge >= 0.3 is 0 Å². The van der Waals surface area contributed by atoms with Crippen molar-refractivity contribution in [3.05, 3.63) is 0 Å². The van der Waals surface area contributed by atoms with Gasteiger partial charge in [-0.1, -0.05) is 0 Å². The SMILES string of the molecule is CN(CCC1(S(=O)(=O)Cl)CC1)S(C)(=O)=O. The van der Waals surface area contributed by atoms with Crippen LogP contribution in [0.4, 0.5) is 0 Å². The van der Waals surface area contributed by atoms with E-state index in [9.17, 15) is 16.8 Å². The molecule has 0 amide bonds. The molecule has 1 aliphatic rings. The highest BCUT2D eigenvalue weighted by Crippen LogP contribution is 2.48. The van der Waals surface area contributed by atoms with Crippen LogP contribution >= 0.6 is 10.7 Å². The van der Waals surface area contributed by atoms with E-state index >= 15 is 0 Å². The largest absolute Gasteiger partial charge is 0.238 e. The fourth-order valence-electron chi connectivity index (χ4n) is 1.28. The summed E-state index contributed by atoms with van der Waals surface area (Å²) in [6.45, 7) is 0.185. The molecule has 90 valence electrons. The van der Waals surface area contributed by atoms with Gasteiger partial charge in [0.1, 0.15) is 0 Å². The van der Waals surface area contributed by atoms with Crippen LogP contribution in [0.2, 0.25) is 0 Å². The quantitative estimate of drug-likeness (QED) is 0.680. The van der Waals surface area contributed by atoms with Crippen molar-refractivity contribution in [2.75, 3.05) is 19.8 Å². The lowest BCUT2D eigenvalue weighted by Gasteiger charge is -2.17. The van der Waals surface area contributed by atoms with Gasteiger partial charge in [0.05, 0.1) is 11.0 Å². The summed E-state index contributed by atoms with van der Waals surface area (Å²) >= 11 is 0. The molecule has 0 bridgehead atoms. The van der Waals surface area contributed by atoms with Crippen molar-refractivity contribution in [2.45, 2.75) is 24.0 Å². The molecule has 0 radical (unpaired) electrons. The van der Waals surface area contributed by atoms with Crippen LogP contribution in [-0.4, -0.2) is 45.7 Å². The van der Waals surface area contributed by atoms with E-state index in [1.807, 2.05) is 0 Å². The molecular weight excluding hydrogens is 262 g/mol. The molecule has 0 N–H and O–H groups in total. The molecule has 1 saturated carbocycles. The number of halogens is 1. The molecule has 0 atom stereocenters. The Balaban J connectivity index is 2.60. The van der Waals surface area contributed by atoms with E-state index in [0.29, 0.717) is 12.8 Å². The molecule has 0 aromatic heterocycles. The average Bonchev–Trinajstić information content (AvgIpc) is 2.77. The Hall–Kier alpha value is 0.150. The molecule has 0 aromatic rings. The second-order valence-corrected chi connectivity index (χ2v) is 9.01. The summed E-state index contributed by atoms with van der Waals surface area (Å²) in [5.74, 6) is 0. The van der Waals surface area contributed by atoms with Gasteiger partial charge in [-0.2, -0.15) is 0 Å². The fraction of sp³-hybridized carbons (Fsp3) is 1.00. The summed E-state index contributed by atoms with van der Waals surface area (Å²) in [5, 5.41) is 0. The van der Waals surface area contributed by atoms with Crippen molar-refractivity contribution in [2.24, 2.45) is 0 Å². The Bertz CT molecular complexity index is 438. The Labute approximate surface area is 94.9 Å². The Kier molecular flexibility index (Phi) is 3.41. The van der Waals surface area contributed by atoms with E-state index in [1.54, 1.807) is 0 Å². The van der Waals surface area contributed by atoms with Crippen LogP contribution in [0.25, 0.3) is 0 Å². The molecular formula is C7H14ClNO4S2. The number of hydrogen-bond acceptors (Lipinski definition) is 4. The van der Waals surface area contributed by atoms with E-state index in [2.05, 4.69) is 0 Å². The van der Waals surface area contributed by atoms with Gasteiger partial charge in [-0.3, -0.25) is 0 Å². The number of hydrogen-bond donors (Lipinski definition) is 0. The highest BCUT2D eigenvalue weighted by atomic mass is 35.7. The van der Waals surface area contributed by atoms with Crippen LogP contribution in [0.1, 0.15) is 19.3 Å². The van der Waals surface area contributed by atoms with E-state index < -0.39 is 23.8 Å². The van der Waals surface area contributed by atoms with Crippen molar-refractivity contribution in [1.82, 2.24) is 4.31 Å². The lowest BCUT2D eigenvalue weighted by molar-refractivity contribution is 0.456. The molecule has 8 heteroatoms. The van der Waals surface area contributed by atoms with E-state index in [-0.39, 0.29) is 13.0 Å². The average molecular weight is 276 g/mol. The third-order valence-electron chi connectivity index (χ3n) is 2.77. The second-order valence-electron chi connectivity index (χ2n) is 3.96. The van der Waals surface area contributed by atoms with Crippen molar-refractivity contribution < 1.29 is 16.8 Å². The zero-order chi connectivity index (χ0) is 11.9. The molecule has 1 fully saturated rings. The summed E-state index contributed by atoms with van der Waals surface area (Å²) < 4.78 is 44.7. The number of rotatable bonds is 5. The first-order valence-corrected chi connectivity index (χ1v) is 8.60. The molecule has 0 heterocycles. The van der Waals surface area contributed by atoms with Crippen molar-refractivity contribution in [3.8, 4) is 0 Å². The smallest absolute Gasteiger partial charge is 0.213 e. The Morgan fingerprint density at radius 3 is 2.00 bits per heavy atom. The molecule has 0 aliphatic heterocycles. The molecule has 0 unspecified atom stereocenters. The van der Waals surface area contributed by atoms with Crippen molar-refractivity contribution in [3.63, 3.8) is 0 Å². The summed E-state index contributed by atoms with van der Waals surface area (Å²) in [6, 6.07) is 0. The summed E-state index contributed by atoms with van der Waals surface area (Å²) in [7, 11) is -0.117. The van der Waals surface area contributed by atoms with Crippen molar-refractivity contribution in [1.29, 1.82) is 0 Å². The van der Waals surface area contributed by atoms with Gasteiger partial charge in [-0.15, -0.1) is 0 Å². The molecule has 1 aliphatic carbocycles. The number of nitrogens with zero attached hydrogens (tertiary/aromatic N) is 1. The summed E-state index contributed by atoms with van der Waals surface area (Å²) in [5.41, 5.74) is 0. The summed E-state index contributed by atoms with van der Waals surface area (Å²) in [4.78, 5) is 0. The van der Waals surface area contributed by atoms with E-state index in [4.69, 9.17) is 10.7 Å². The minimum atomic E-state index is -3.58. The molecule has 0 spiro atoms. The minimum absolute atomic E-state index is 0.185. The first-order chi connectivity index (χ1) is 6.58. The van der Waals surface area contributed by atoms with Gasteiger partial charge in [0.2, 0.25) is 19.1 Å². The zero-order valence-electron chi connectivity index (χ0n) is 8.60. The van der Waals surface area contributed by atoms with Crippen LogP contribution < -0.4 is 0 Å². The Morgan fingerprint density at radius 2 is 1.73 bits per heavy atom. The predicted octanol–water partition coefficient (Wildman–Crippen LogP) is 0.369. The van der Waals surface area contributed by atoms with Crippen LogP contribution in [0.15, 0.2) is 0 Å². The molecule has 15 heavy (non-hydrogen) atoms. The highest BCUT2D eigenvalue weighted by molar-refractivity contribution is 8.15. The zero-order valence-corrected chi connectivity index (χ0v) is 11.0. The van der Waals surface area contributed by atoms with Gasteiger partial charge in [-0.05, 0) is 19.3 Å². The van der Waals surface area contributed by atoms with Gasteiger partial charge in [0, 0.05) is 24.3 Å². The van der Waals surface area contributed by atoms with Gasteiger partial charge < -0.3 is 0 Å². The first kappa shape index (κ1) is 13.2. The lowest BCUT2D eigenvalue weighted by atomic mass is 10.3. The maximum absolute atomic E-state index is 11.2. The highest BCUT2D eigenvalue weighted by Gasteiger charge is 2.53. The maximum atomic E-state index is 11.2. The standard InChI is InChI=1S/C7H14ClNO4S2/c1-9(14(2,10)11)6-5-7(3-4-7)15(8,12)13/h3-6H2,1-2H3. The second kappa shape index (κ2) is 3.87. The van der Waals surface area contributed by atoms with Crippen LogP contribution in [0, 0.1) is 0 Å². The topological polar surface area (TPSA) is 71.5 Å². The maximum Gasteiger partial charge on any atom is 0.238 e. The Morgan fingerprint density at radius 1 is 1.27 bits per heavy atom.